The zero-order valence-corrected chi connectivity index (χ0v) is 14.0. The third-order valence-corrected chi connectivity index (χ3v) is 4.21. The van der Waals surface area contributed by atoms with Crippen molar-refractivity contribution in [3.05, 3.63) is 63.7 Å². The minimum atomic E-state index is -0.314. The fourth-order valence-electron chi connectivity index (χ4n) is 2.21. The molecule has 23 heavy (non-hydrogen) atoms. The van der Waals surface area contributed by atoms with Gasteiger partial charge in [-0.05, 0) is 0 Å². The van der Waals surface area contributed by atoms with Crippen molar-refractivity contribution in [1.82, 2.24) is 20.1 Å². The average Bonchev–Trinajstić information content (AvgIpc) is 2.57. The van der Waals surface area contributed by atoms with Gasteiger partial charge in [0, 0.05) is 0 Å². The van der Waals surface area contributed by atoms with Gasteiger partial charge < -0.3 is 0 Å². The SMILES string of the molecule is Cn1nc(C(=O)NCc2ccc(F)cc2)c(=[Se])c2ncccc21. The molecule has 2 aromatic heterocycles. The standard InChI is InChI=1S/C16H13FN4OSe/c1-21-12-3-2-8-18-13(12)15(23)14(20-21)16(22)19-9-10-4-6-11(17)7-5-10/h2-8H,9H2,1H3,(H,19,22). The summed E-state index contributed by atoms with van der Waals surface area (Å²) in [7, 11) is 1.76. The van der Waals surface area contributed by atoms with Crippen LogP contribution in [0.3, 0.4) is 0 Å². The van der Waals surface area contributed by atoms with Crippen LogP contribution in [0.25, 0.3) is 11.0 Å². The first kappa shape index (κ1) is 15.5. The van der Waals surface area contributed by atoms with E-state index in [2.05, 4.69) is 31.0 Å². The Hall–Kier alpha value is -2.37. The second-order valence-corrected chi connectivity index (χ2v) is 5.84. The summed E-state index contributed by atoms with van der Waals surface area (Å²) < 4.78 is 15.1. The van der Waals surface area contributed by atoms with Crippen LogP contribution in [-0.4, -0.2) is 36.2 Å². The predicted molar refractivity (Wildman–Crippen MR) is 85.1 cm³/mol. The molecule has 0 fully saturated rings. The molecule has 0 saturated carbocycles. The number of nitrogens with zero attached hydrogens (tertiary/aromatic N) is 3. The molecule has 0 aliphatic heterocycles. The number of aromatic nitrogens is 3. The number of carbonyl (C=O) groups is 1. The van der Waals surface area contributed by atoms with Gasteiger partial charge in [0.1, 0.15) is 0 Å². The van der Waals surface area contributed by atoms with E-state index in [-0.39, 0.29) is 17.4 Å². The van der Waals surface area contributed by atoms with Crippen LogP contribution >= 0.6 is 0 Å². The molecule has 0 bridgehead atoms. The molecule has 5 nitrogen and oxygen atoms in total. The van der Waals surface area contributed by atoms with Crippen molar-refractivity contribution >= 4 is 32.5 Å². The molecule has 0 aliphatic rings. The first-order valence-corrected chi connectivity index (χ1v) is 7.76. The van der Waals surface area contributed by atoms with Crippen molar-refractivity contribution in [2.75, 3.05) is 0 Å². The number of carbonyl (C=O) groups excluding carboxylic acids is 1. The number of hydrogen-bond donors (Lipinski definition) is 1. The summed E-state index contributed by atoms with van der Waals surface area (Å²) in [5.74, 6) is -0.619. The van der Waals surface area contributed by atoms with Gasteiger partial charge in [0.25, 0.3) is 0 Å². The number of aryl methyl sites for hydroxylation is 1. The van der Waals surface area contributed by atoms with E-state index in [0.717, 1.165) is 11.1 Å². The van der Waals surface area contributed by atoms with Gasteiger partial charge in [0.15, 0.2) is 0 Å². The van der Waals surface area contributed by atoms with Crippen molar-refractivity contribution in [2.45, 2.75) is 6.54 Å². The number of amides is 1. The van der Waals surface area contributed by atoms with Crippen molar-refractivity contribution in [3.8, 4) is 0 Å². The fourth-order valence-corrected chi connectivity index (χ4v) is 2.82. The molecule has 0 atom stereocenters. The molecule has 116 valence electrons. The van der Waals surface area contributed by atoms with E-state index in [1.807, 2.05) is 12.1 Å². The molecule has 0 aliphatic carbocycles. The van der Waals surface area contributed by atoms with E-state index < -0.39 is 0 Å². The van der Waals surface area contributed by atoms with E-state index in [0.29, 0.717) is 16.1 Å². The van der Waals surface area contributed by atoms with Crippen molar-refractivity contribution in [1.29, 1.82) is 0 Å². The second kappa shape index (κ2) is 6.40. The Morgan fingerprint density at radius 3 is 2.78 bits per heavy atom. The molecule has 3 aromatic rings. The van der Waals surface area contributed by atoms with Gasteiger partial charge in [-0.15, -0.1) is 0 Å². The average molecular weight is 375 g/mol. The molecule has 0 spiro atoms. The zero-order chi connectivity index (χ0) is 16.4. The number of pyridine rings is 1. The number of halogens is 1. The van der Waals surface area contributed by atoms with Gasteiger partial charge >= 0.3 is 139 Å². The van der Waals surface area contributed by atoms with E-state index in [4.69, 9.17) is 0 Å². The molecule has 7 heteroatoms. The van der Waals surface area contributed by atoms with Crippen LogP contribution < -0.4 is 5.32 Å². The molecular formula is C16H13FN4OSe. The van der Waals surface area contributed by atoms with Crippen molar-refractivity contribution in [3.63, 3.8) is 0 Å². The monoisotopic (exact) mass is 376 g/mol. The number of hydrogen-bond acceptors (Lipinski definition) is 3. The van der Waals surface area contributed by atoms with Gasteiger partial charge in [-0.2, -0.15) is 0 Å². The molecule has 1 N–H and O–H groups in total. The molecule has 0 radical (unpaired) electrons. The number of nitrogens with one attached hydrogen (secondary N) is 1. The first-order valence-electron chi connectivity index (χ1n) is 6.91. The fraction of sp³-hybridized carbons (Fsp3) is 0.125. The summed E-state index contributed by atoms with van der Waals surface area (Å²) in [6, 6.07) is 9.68. The Labute approximate surface area is 139 Å². The Morgan fingerprint density at radius 1 is 1.30 bits per heavy atom. The molecule has 3 rings (SSSR count). The maximum absolute atomic E-state index is 12.9. The third kappa shape index (κ3) is 3.20. The topological polar surface area (TPSA) is 59.8 Å². The first-order chi connectivity index (χ1) is 11.1. The van der Waals surface area contributed by atoms with Gasteiger partial charge in [-0.25, -0.2) is 0 Å². The molecule has 0 unspecified atom stereocenters. The zero-order valence-electron chi connectivity index (χ0n) is 12.3. The summed E-state index contributed by atoms with van der Waals surface area (Å²) >= 11 is 2.88. The summed E-state index contributed by atoms with van der Waals surface area (Å²) in [4.78, 5) is 16.7. The molecule has 1 aromatic carbocycles. The van der Waals surface area contributed by atoms with Gasteiger partial charge in [0.05, 0.1) is 0 Å². The van der Waals surface area contributed by atoms with E-state index >= 15 is 0 Å². The second-order valence-electron chi connectivity index (χ2n) is 4.98. The van der Waals surface area contributed by atoms with Crippen LogP contribution in [0.4, 0.5) is 4.39 Å². The normalized spacial score (nSPS) is 10.7. The minimum absolute atomic E-state index is 0.279. The molecule has 0 saturated heterocycles. The summed E-state index contributed by atoms with van der Waals surface area (Å²) in [5.41, 5.74) is 2.61. The quantitative estimate of drug-likeness (QED) is 0.710. The summed E-state index contributed by atoms with van der Waals surface area (Å²) in [6.07, 6.45) is 1.67. The Bertz CT molecular complexity index is 937. The Morgan fingerprint density at radius 2 is 2.04 bits per heavy atom. The van der Waals surface area contributed by atoms with Crippen LogP contribution in [0.15, 0.2) is 42.6 Å². The van der Waals surface area contributed by atoms with Gasteiger partial charge in [-0.3, -0.25) is 0 Å². The molecular weight excluding hydrogens is 362 g/mol. The van der Waals surface area contributed by atoms with Crippen LogP contribution in [0, 0.1) is 9.88 Å². The molecule has 2 heterocycles. The molecule has 1 amide bonds. The van der Waals surface area contributed by atoms with Crippen LogP contribution in [0.2, 0.25) is 0 Å². The Balaban J connectivity index is 1.88. The van der Waals surface area contributed by atoms with Crippen molar-refractivity contribution < 1.29 is 9.18 Å². The van der Waals surface area contributed by atoms with E-state index in [1.165, 1.54) is 12.1 Å². The van der Waals surface area contributed by atoms with Crippen molar-refractivity contribution in [2.24, 2.45) is 7.05 Å². The van der Waals surface area contributed by atoms with Gasteiger partial charge in [-0.1, -0.05) is 0 Å². The van der Waals surface area contributed by atoms with Gasteiger partial charge in [0.2, 0.25) is 0 Å². The van der Waals surface area contributed by atoms with E-state index in [1.54, 1.807) is 30.1 Å². The Kier molecular flexibility index (Phi) is 4.32. The number of fused-ring (bicyclic) bond motifs is 1. The number of rotatable bonds is 3. The maximum atomic E-state index is 12.9. The van der Waals surface area contributed by atoms with Crippen LogP contribution in [0.1, 0.15) is 16.1 Å². The predicted octanol–water partition coefficient (Wildman–Crippen LogP) is 1.74. The third-order valence-electron chi connectivity index (χ3n) is 3.40. The summed E-state index contributed by atoms with van der Waals surface area (Å²) in [6.45, 7) is 0.296. The summed E-state index contributed by atoms with van der Waals surface area (Å²) in [5, 5.41) is 7.08. The van der Waals surface area contributed by atoms with E-state index in [9.17, 15) is 9.18 Å². The van der Waals surface area contributed by atoms with Crippen LogP contribution in [0.5, 0.6) is 0 Å². The van der Waals surface area contributed by atoms with Crippen LogP contribution in [-0.2, 0) is 13.6 Å². The number of benzene rings is 1.